The topological polar surface area (TPSA) is 89.1 Å². The third-order valence-corrected chi connectivity index (χ3v) is 4.84. The lowest BCUT2D eigenvalue weighted by Gasteiger charge is -2.16. The van der Waals surface area contributed by atoms with Crippen LogP contribution in [-0.2, 0) is 11.3 Å². The molecule has 3 rings (SSSR count). The van der Waals surface area contributed by atoms with Crippen LogP contribution in [0.5, 0.6) is 0 Å². The maximum atomic E-state index is 12.1. The fourth-order valence-corrected chi connectivity index (χ4v) is 3.33. The summed E-state index contributed by atoms with van der Waals surface area (Å²) < 4.78 is 1.89. The van der Waals surface area contributed by atoms with E-state index >= 15 is 0 Å². The molecule has 154 valence electrons. The molecule has 0 saturated carbocycles. The van der Waals surface area contributed by atoms with Crippen LogP contribution in [0.4, 0.5) is 5.69 Å². The molecule has 0 spiro atoms. The zero-order chi connectivity index (χ0) is 21.0. The van der Waals surface area contributed by atoms with Gasteiger partial charge in [0.1, 0.15) is 0 Å². The molecule has 3 N–H and O–H groups in total. The minimum Gasteiger partial charge on any atom is -0.329 e. The maximum absolute atomic E-state index is 12.1. The second kappa shape index (κ2) is 9.15. The summed E-state index contributed by atoms with van der Waals surface area (Å²) in [6.07, 6.45) is 2.19. The average Bonchev–Trinajstić information content (AvgIpc) is 3.13. The molecule has 0 bridgehead atoms. The molecule has 2 heterocycles. The number of hydrogen-bond acceptors (Lipinski definition) is 5. The number of nitrogens with zero attached hydrogens (tertiary/aromatic N) is 4. The van der Waals surface area contributed by atoms with E-state index in [1.165, 1.54) is 5.56 Å². The molecular formula is C22H30N6O. The quantitative estimate of drug-likeness (QED) is 0.611. The summed E-state index contributed by atoms with van der Waals surface area (Å²) in [6.45, 7) is 8.27. The van der Waals surface area contributed by atoms with Crippen LogP contribution >= 0.6 is 0 Å². The van der Waals surface area contributed by atoms with Gasteiger partial charge in [0.05, 0.1) is 23.0 Å². The molecule has 2 aromatic heterocycles. The number of aromatic nitrogens is 3. The molecular weight excluding hydrogens is 364 g/mol. The fraction of sp³-hybridized carbons (Fsp3) is 0.409. The molecule has 0 radical (unpaired) electrons. The SMILES string of the molecule is CCC(=O)Nc1cc(-c2cccc(CN(C)CCN)c2)nc2c1cnn2C(C)C. The summed E-state index contributed by atoms with van der Waals surface area (Å²) in [4.78, 5) is 19.2. The van der Waals surface area contributed by atoms with Crippen molar-refractivity contribution < 1.29 is 4.79 Å². The van der Waals surface area contributed by atoms with Crippen LogP contribution in [0, 0.1) is 0 Å². The number of hydrogen-bond donors (Lipinski definition) is 2. The van der Waals surface area contributed by atoms with E-state index in [1.54, 1.807) is 6.20 Å². The molecule has 0 aliphatic rings. The highest BCUT2D eigenvalue weighted by Crippen LogP contribution is 2.30. The van der Waals surface area contributed by atoms with E-state index in [-0.39, 0.29) is 11.9 Å². The second-order valence-electron chi connectivity index (χ2n) is 7.60. The standard InChI is InChI=1S/C22H30N6O/c1-5-21(29)25-20-12-19(26-22-18(20)13-24-28(22)15(2)3)17-8-6-7-16(11-17)14-27(4)10-9-23/h6-8,11-13,15H,5,9-10,14,23H2,1-4H3,(H,25,26,29). The van der Waals surface area contributed by atoms with Gasteiger partial charge in [0.25, 0.3) is 0 Å². The minimum atomic E-state index is -0.0297. The molecule has 0 fully saturated rings. The number of anilines is 1. The summed E-state index contributed by atoms with van der Waals surface area (Å²) in [6, 6.07) is 10.4. The molecule has 1 amide bonds. The van der Waals surface area contributed by atoms with E-state index in [9.17, 15) is 4.79 Å². The Morgan fingerprint density at radius 3 is 2.79 bits per heavy atom. The van der Waals surface area contributed by atoms with Gasteiger partial charge in [-0.15, -0.1) is 0 Å². The summed E-state index contributed by atoms with van der Waals surface area (Å²) >= 11 is 0. The first-order chi connectivity index (χ1) is 13.9. The molecule has 1 aromatic carbocycles. The third kappa shape index (κ3) is 4.81. The predicted octanol–water partition coefficient (Wildman–Crippen LogP) is 3.42. The number of rotatable bonds is 8. The lowest BCUT2D eigenvalue weighted by molar-refractivity contribution is -0.115. The first-order valence-electron chi connectivity index (χ1n) is 10.1. The molecule has 0 unspecified atom stereocenters. The fourth-order valence-electron chi connectivity index (χ4n) is 3.33. The van der Waals surface area contributed by atoms with Crippen molar-refractivity contribution in [2.45, 2.75) is 39.8 Å². The van der Waals surface area contributed by atoms with Gasteiger partial charge in [-0.3, -0.25) is 4.79 Å². The Kier molecular flexibility index (Phi) is 6.61. The van der Waals surface area contributed by atoms with Gasteiger partial charge in [0.15, 0.2) is 5.65 Å². The highest BCUT2D eigenvalue weighted by atomic mass is 16.1. The van der Waals surface area contributed by atoms with Crippen molar-refractivity contribution in [1.82, 2.24) is 19.7 Å². The van der Waals surface area contributed by atoms with E-state index in [2.05, 4.69) is 48.3 Å². The number of benzene rings is 1. The second-order valence-corrected chi connectivity index (χ2v) is 7.60. The Morgan fingerprint density at radius 1 is 1.31 bits per heavy atom. The van der Waals surface area contributed by atoms with Crippen molar-refractivity contribution in [1.29, 1.82) is 0 Å². The van der Waals surface area contributed by atoms with E-state index in [4.69, 9.17) is 10.7 Å². The van der Waals surface area contributed by atoms with Gasteiger partial charge < -0.3 is 16.0 Å². The number of carbonyl (C=O) groups is 1. The lowest BCUT2D eigenvalue weighted by Crippen LogP contribution is -2.24. The van der Waals surface area contributed by atoms with Crippen LogP contribution in [0.2, 0.25) is 0 Å². The van der Waals surface area contributed by atoms with Gasteiger partial charge >= 0.3 is 0 Å². The normalized spacial score (nSPS) is 11.6. The van der Waals surface area contributed by atoms with Crippen molar-refractivity contribution in [2.24, 2.45) is 5.73 Å². The molecule has 3 aromatic rings. The van der Waals surface area contributed by atoms with Gasteiger partial charge in [-0.25, -0.2) is 9.67 Å². The smallest absolute Gasteiger partial charge is 0.224 e. The maximum Gasteiger partial charge on any atom is 0.224 e. The molecule has 29 heavy (non-hydrogen) atoms. The van der Waals surface area contributed by atoms with Crippen LogP contribution < -0.4 is 11.1 Å². The number of nitrogens with one attached hydrogen (secondary N) is 1. The van der Waals surface area contributed by atoms with Gasteiger partial charge in [-0.05, 0) is 38.6 Å². The van der Waals surface area contributed by atoms with E-state index in [0.717, 1.165) is 41.1 Å². The van der Waals surface area contributed by atoms with Gasteiger partial charge in [-0.2, -0.15) is 5.10 Å². The van der Waals surface area contributed by atoms with Crippen molar-refractivity contribution in [3.8, 4) is 11.3 Å². The predicted molar refractivity (Wildman–Crippen MR) is 118 cm³/mol. The van der Waals surface area contributed by atoms with Gasteiger partial charge in [0.2, 0.25) is 5.91 Å². The summed E-state index contributed by atoms with van der Waals surface area (Å²) in [5, 5.41) is 8.34. The molecule has 0 atom stereocenters. The van der Waals surface area contributed by atoms with Gasteiger partial charge in [-0.1, -0.05) is 25.1 Å². The lowest BCUT2D eigenvalue weighted by atomic mass is 10.1. The summed E-state index contributed by atoms with van der Waals surface area (Å²) in [7, 11) is 2.06. The Balaban J connectivity index is 2.06. The summed E-state index contributed by atoms with van der Waals surface area (Å²) in [5.74, 6) is -0.0297. The molecule has 7 nitrogen and oxygen atoms in total. The van der Waals surface area contributed by atoms with E-state index < -0.39 is 0 Å². The minimum absolute atomic E-state index is 0.0297. The van der Waals surface area contributed by atoms with Crippen molar-refractivity contribution in [2.75, 3.05) is 25.5 Å². The van der Waals surface area contributed by atoms with Crippen LogP contribution in [0.15, 0.2) is 36.5 Å². The van der Waals surface area contributed by atoms with E-state index in [0.29, 0.717) is 13.0 Å². The molecule has 0 aliphatic heterocycles. The Bertz CT molecular complexity index is 994. The Morgan fingerprint density at radius 2 is 2.10 bits per heavy atom. The van der Waals surface area contributed by atoms with Crippen molar-refractivity contribution in [3.05, 3.63) is 42.1 Å². The van der Waals surface area contributed by atoms with E-state index in [1.807, 2.05) is 29.8 Å². The number of nitrogens with two attached hydrogens (primary N) is 1. The number of pyridine rings is 1. The zero-order valence-electron chi connectivity index (χ0n) is 17.6. The Hall–Kier alpha value is -2.77. The van der Waals surface area contributed by atoms with Crippen LogP contribution in [-0.4, -0.2) is 45.7 Å². The monoisotopic (exact) mass is 394 g/mol. The highest BCUT2D eigenvalue weighted by molar-refractivity contribution is 6.01. The summed E-state index contributed by atoms with van der Waals surface area (Å²) in [5.41, 5.74) is 10.2. The van der Waals surface area contributed by atoms with Crippen LogP contribution in [0.1, 0.15) is 38.8 Å². The van der Waals surface area contributed by atoms with Crippen LogP contribution in [0.25, 0.3) is 22.3 Å². The average molecular weight is 395 g/mol. The molecule has 0 saturated heterocycles. The van der Waals surface area contributed by atoms with Crippen molar-refractivity contribution in [3.63, 3.8) is 0 Å². The third-order valence-electron chi connectivity index (χ3n) is 4.84. The number of carbonyl (C=O) groups excluding carboxylic acids is 1. The Labute approximate surface area is 171 Å². The first-order valence-corrected chi connectivity index (χ1v) is 10.1. The van der Waals surface area contributed by atoms with Crippen molar-refractivity contribution >= 4 is 22.6 Å². The highest BCUT2D eigenvalue weighted by Gasteiger charge is 2.15. The number of amides is 1. The largest absolute Gasteiger partial charge is 0.329 e. The first kappa shape index (κ1) is 21.0. The molecule has 0 aliphatic carbocycles. The number of fused-ring (bicyclic) bond motifs is 1. The van der Waals surface area contributed by atoms with Gasteiger partial charge in [0, 0.05) is 37.7 Å². The zero-order valence-corrected chi connectivity index (χ0v) is 17.6. The number of likely N-dealkylation sites (N-methyl/N-ethyl adjacent to an activating group) is 1. The van der Waals surface area contributed by atoms with Crippen LogP contribution in [0.3, 0.4) is 0 Å². The molecule has 7 heteroatoms.